The van der Waals surface area contributed by atoms with Gasteiger partial charge in [-0.1, -0.05) is 108 Å². The Balaban J connectivity index is 1.91. The van der Waals surface area contributed by atoms with Crippen LogP contribution in [0.5, 0.6) is 0 Å². The van der Waals surface area contributed by atoms with Gasteiger partial charge in [0.1, 0.15) is 0 Å². The second kappa shape index (κ2) is 16.6. The molecule has 144 valence electrons. The van der Waals surface area contributed by atoms with Crippen molar-refractivity contribution in [3.63, 3.8) is 0 Å². The fraction of sp³-hybridized carbons (Fsp3) is 0.565. The molecule has 1 aromatic rings. The molecule has 0 aliphatic rings. The van der Waals surface area contributed by atoms with Crippen LogP contribution >= 0.6 is 0 Å². The van der Waals surface area contributed by atoms with Crippen LogP contribution in [0.3, 0.4) is 0 Å². The van der Waals surface area contributed by atoms with E-state index in [1.165, 1.54) is 57.8 Å². The molecule has 0 aliphatic carbocycles. The Bertz CT molecular complexity index is 508. The molecule has 0 saturated carbocycles. The van der Waals surface area contributed by atoms with Crippen molar-refractivity contribution in [2.24, 2.45) is 5.10 Å². The molecule has 0 radical (unpaired) electrons. The summed E-state index contributed by atoms with van der Waals surface area (Å²) in [4.78, 5) is 11.7. The average Bonchev–Trinajstić information content (AvgIpc) is 2.66. The number of nitrogens with one attached hydrogen (secondary N) is 1. The van der Waals surface area contributed by atoms with E-state index in [2.05, 4.69) is 17.5 Å². The van der Waals surface area contributed by atoms with Gasteiger partial charge in [-0.2, -0.15) is 5.10 Å². The van der Waals surface area contributed by atoms with Crippen molar-refractivity contribution in [1.29, 1.82) is 0 Å². The van der Waals surface area contributed by atoms with Crippen LogP contribution in [0.4, 0.5) is 0 Å². The number of carbonyl (C=O) groups is 1. The number of rotatable bonds is 15. The number of hydrogen-bond donors (Lipinski definition) is 1. The highest BCUT2D eigenvalue weighted by Gasteiger charge is 1.99. The summed E-state index contributed by atoms with van der Waals surface area (Å²) in [5, 5.41) is 3.94. The normalized spacial score (nSPS) is 11.4. The number of hydrogen-bond acceptors (Lipinski definition) is 2. The second-order valence-electron chi connectivity index (χ2n) is 6.87. The number of benzene rings is 1. The van der Waals surface area contributed by atoms with Gasteiger partial charge >= 0.3 is 0 Å². The molecule has 0 aromatic heterocycles. The van der Waals surface area contributed by atoms with Crippen molar-refractivity contribution in [2.45, 2.75) is 84.0 Å². The highest BCUT2D eigenvalue weighted by atomic mass is 16.2. The van der Waals surface area contributed by atoms with Crippen LogP contribution in [0.15, 0.2) is 41.5 Å². The Hall–Kier alpha value is -1.90. The minimum Gasteiger partial charge on any atom is -0.273 e. The number of carbonyl (C=O) groups excluding carboxylic acids is 1. The fourth-order valence-corrected chi connectivity index (χ4v) is 2.88. The summed E-state index contributed by atoms with van der Waals surface area (Å²) in [7, 11) is 0. The molecule has 0 fully saturated rings. The van der Waals surface area contributed by atoms with Gasteiger partial charge in [-0.3, -0.25) is 4.79 Å². The number of hydrazone groups is 1. The Morgan fingerprint density at radius 2 is 1.46 bits per heavy atom. The Labute approximate surface area is 160 Å². The largest absolute Gasteiger partial charge is 0.273 e. The summed E-state index contributed by atoms with van der Waals surface area (Å²) in [6.45, 7) is 2.26. The molecule has 3 nitrogen and oxygen atoms in total. The van der Waals surface area contributed by atoms with Crippen molar-refractivity contribution >= 4 is 18.2 Å². The molecule has 0 spiro atoms. The number of allylic oxidation sites excluding steroid dienone is 1. The van der Waals surface area contributed by atoms with E-state index >= 15 is 0 Å². The van der Waals surface area contributed by atoms with Gasteiger partial charge in [-0.05, 0) is 18.1 Å². The summed E-state index contributed by atoms with van der Waals surface area (Å²) >= 11 is 0. The van der Waals surface area contributed by atoms with Gasteiger partial charge in [0, 0.05) is 12.6 Å². The smallest absolute Gasteiger partial charge is 0.240 e. The van der Waals surface area contributed by atoms with Crippen LogP contribution in [0.1, 0.15) is 89.5 Å². The van der Waals surface area contributed by atoms with Gasteiger partial charge in [0.2, 0.25) is 5.91 Å². The predicted molar refractivity (Wildman–Crippen MR) is 113 cm³/mol. The monoisotopic (exact) mass is 356 g/mol. The zero-order valence-electron chi connectivity index (χ0n) is 16.5. The molecular weight excluding hydrogens is 320 g/mol. The highest BCUT2D eigenvalue weighted by Crippen LogP contribution is 2.11. The maximum atomic E-state index is 11.7. The lowest BCUT2D eigenvalue weighted by molar-refractivity contribution is -0.121. The number of amides is 1. The van der Waals surface area contributed by atoms with E-state index in [1.54, 1.807) is 6.21 Å². The SMILES string of the molecule is CCCCCCCCCCCCCC(=O)NN=CC=Cc1ccccc1. The first-order valence-corrected chi connectivity index (χ1v) is 10.4. The van der Waals surface area contributed by atoms with Crippen LogP contribution in [0, 0.1) is 0 Å². The van der Waals surface area contributed by atoms with Gasteiger partial charge in [0.15, 0.2) is 0 Å². The maximum Gasteiger partial charge on any atom is 0.240 e. The van der Waals surface area contributed by atoms with Crippen molar-refractivity contribution < 1.29 is 4.79 Å². The first-order valence-electron chi connectivity index (χ1n) is 10.4. The number of nitrogens with zero attached hydrogens (tertiary/aromatic N) is 1. The predicted octanol–water partition coefficient (Wildman–Crippen LogP) is 6.50. The molecule has 0 unspecified atom stereocenters. The maximum absolute atomic E-state index is 11.7. The third kappa shape index (κ3) is 13.4. The molecule has 1 amide bonds. The van der Waals surface area contributed by atoms with Gasteiger partial charge in [0.25, 0.3) is 0 Å². The molecule has 1 N–H and O–H groups in total. The lowest BCUT2D eigenvalue weighted by atomic mass is 10.1. The molecule has 0 heterocycles. The molecule has 0 aliphatic heterocycles. The zero-order chi connectivity index (χ0) is 18.7. The first kappa shape index (κ1) is 22.1. The van der Waals surface area contributed by atoms with Crippen LogP contribution < -0.4 is 5.43 Å². The van der Waals surface area contributed by atoms with Crippen LogP contribution in [0.25, 0.3) is 6.08 Å². The molecule has 3 heteroatoms. The van der Waals surface area contributed by atoms with Gasteiger partial charge in [-0.15, -0.1) is 0 Å². The molecule has 0 saturated heterocycles. The molecule has 1 rings (SSSR count). The third-order valence-corrected chi connectivity index (χ3v) is 4.45. The van der Waals surface area contributed by atoms with Crippen molar-refractivity contribution in [1.82, 2.24) is 5.43 Å². The molecular formula is C23H36N2O. The van der Waals surface area contributed by atoms with Crippen molar-refractivity contribution in [3.05, 3.63) is 42.0 Å². The van der Waals surface area contributed by atoms with E-state index in [9.17, 15) is 4.79 Å². The lowest BCUT2D eigenvalue weighted by Crippen LogP contribution is -2.16. The van der Waals surface area contributed by atoms with Gasteiger partial charge in [0.05, 0.1) is 0 Å². The molecule has 0 atom stereocenters. The fourth-order valence-electron chi connectivity index (χ4n) is 2.88. The molecule has 0 bridgehead atoms. The highest BCUT2D eigenvalue weighted by molar-refractivity contribution is 5.81. The molecule has 1 aromatic carbocycles. The van der Waals surface area contributed by atoms with E-state index in [-0.39, 0.29) is 5.91 Å². The Morgan fingerprint density at radius 3 is 2.08 bits per heavy atom. The van der Waals surface area contributed by atoms with Crippen LogP contribution in [-0.2, 0) is 4.79 Å². The van der Waals surface area contributed by atoms with E-state index in [4.69, 9.17) is 0 Å². The van der Waals surface area contributed by atoms with E-state index in [0.717, 1.165) is 18.4 Å². The Kier molecular flexibility index (Phi) is 14.1. The van der Waals surface area contributed by atoms with Crippen molar-refractivity contribution in [2.75, 3.05) is 0 Å². The summed E-state index contributed by atoms with van der Waals surface area (Å²) in [6.07, 6.45) is 20.2. The van der Waals surface area contributed by atoms with Crippen LogP contribution in [-0.4, -0.2) is 12.1 Å². The lowest BCUT2D eigenvalue weighted by Gasteiger charge is -2.02. The third-order valence-electron chi connectivity index (χ3n) is 4.45. The van der Waals surface area contributed by atoms with Crippen molar-refractivity contribution in [3.8, 4) is 0 Å². The van der Waals surface area contributed by atoms with Gasteiger partial charge < -0.3 is 0 Å². The summed E-state index contributed by atoms with van der Waals surface area (Å²) in [6, 6.07) is 10.0. The summed E-state index contributed by atoms with van der Waals surface area (Å²) < 4.78 is 0. The van der Waals surface area contributed by atoms with E-state index < -0.39 is 0 Å². The summed E-state index contributed by atoms with van der Waals surface area (Å²) in [5.74, 6) is 0.00489. The van der Waals surface area contributed by atoms with Crippen LogP contribution in [0.2, 0.25) is 0 Å². The standard InChI is InChI=1S/C23H36N2O/c1-2-3-4-5-6-7-8-9-10-11-15-20-23(26)25-24-21-16-19-22-17-13-12-14-18-22/h12-14,16-19,21H,2-11,15,20H2,1H3,(H,25,26). The minimum atomic E-state index is 0.00489. The van der Waals surface area contributed by atoms with E-state index in [1.807, 2.05) is 42.5 Å². The van der Waals surface area contributed by atoms with Gasteiger partial charge in [-0.25, -0.2) is 5.43 Å². The average molecular weight is 357 g/mol. The Morgan fingerprint density at radius 1 is 0.885 bits per heavy atom. The first-order chi connectivity index (χ1) is 12.8. The quantitative estimate of drug-likeness (QED) is 0.217. The second-order valence-corrected chi connectivity index (χ2v) is 6.87. The zero-order valence-corrected chi connectivity index (χ0v) is 16.5. The van der Waals surface area contributed by atoms with E-state index in [0.29, 0.717) is 6.42 Å². The molecule has 26 heavy (non-hydrogen) atoms. The topological polar surface area (TPSA) is 41.5 Å². The summed E-state index contributed by atoms with van der Waals surface area (Å²) in [5.41, 5.74) is 3.70. The minimum absolute atomic E-state index is 0.00489. The number of unbranched alkanes of at least 4 members (excludes halogenated alkanes) is 10.